The summed E-state index contributed by atoms with van der Waals surface area (Å²) in [5, 5.41) is 23.0. The number of carbonyl (C=O) groups excluding carboxylic acids is 1. The van der Waals surface area contributed by atoms with E-state index in [-0.39, 0.29) is 17.4 Å². The number of ether oxygens (including phenoxy) is 2. The molecule has 0 spiro atoms. The average molecular weight is 442 g/mol. The molecule has 3 aromatic rings. The maximum atomic E-state index is 12.2. The van der Waals surface area contributed by atoms with Crippen LogP contribution in [-0.4, -0.2) is 52.0 Å². The Kier molecular flexibility index (Phi) is 7.50. The van der Waals surface area contributed by atoms with Crippen LogP contribution in [0.4, 0.5) is 0 Å². The Bertz CT molecular complexity index is 1070. The first-order chi connectivity index (χ1) is 15.1. The fourth-order valence-corrected chi connectivity index (χ4v) is 3.57. The molecular weight excluding hydrogens is 418 g/mol. The van der Waals surface area contributed by atoms with E-state index in [1.54, 1.807) is 25.3 Å². The van der Waals surface area contributed by atoms with E-state index in [2.05, 4.69) is 20.7 Å². The summed E-state index contributed by atoms with van der Waals surface area (Å²) in [7, 11) is 3.08. The van der Waals surface area contributed by atoms with E-state index in [0.717, 1.165) is 17.1 Å². The molecule has 1 heterocycles. The second-order valence-electron chi connectivity index (χ2n) is 6.26. The van der Waals surface area contributed by atoms with Crippen molar-refractivity contribution in [3.8, 4) is 28.6 Å². The predicted molar refractivity (Wildman–Crippen MR) is 119 cm³/mol. The molecule has 9 nitrogen and oxygen atoms in total. The summed E-state index contributed by atoms with van der Waals surface area (Å²) in [5.41, 5.74) is 3.78. The van der Waals surface area contributed by atoms with E-state index in [9.17, 15) is 9.90 Å². The standard InChI is InChI=1S/C21H23N5O4S/c1-4-26-20(14-8-10-16(29-2)11-9-14)24-25-21(26)31-13-18(27)23-22-12-15-6-5-7-17(30-3)19(15)28/h5-12,28H,4,13H2,1-3H3,(H,23,27)/b22-12-. The van der Waals surface area contributed by atoms with Gasteiger partial charge in [-0.1, -0.05) is 17.8 Å². The molecular formula is C21H23N5O4S. The van der Waals surface area contributed by atoms with Gasteiger partial charge in [0, 0.05) is 17.7 Å². The van der Waals surface area contributed by atoms with Gasteiger partial charge in [-0.2, -0.15) is 5.10 Å². The SMILES string of the molecule is CCn1c(SCC(=O)N/N=C\c2cccc(OC)c2O)nnc1-c1ccc(OC)cc1. The van der Waals surface area contributed by atoms with Crippen molar-refractivity contribution < 1.29 is 19.4 Å². The molecule has 0 aliphatic rings. The van der Waals surface area contributed by atoms with Crippen molar-refractivity contribution >= 4 is 23.9 Å². The topological polar surface area (TPSA) is 111 Å². The van der Waals surface area contributed by atoms with Gasteiger partial charge in [0.05, 0.1) is 26.2 Å². The van der Waals surface area contributed by atoms with Crippen LogP contribution in [0.3, 0.4) is 0 Å². The number of phenols is 1. The highest BCUT2D eigenvalue weighted by atomic mass is 32.2. The van der Waals surface area contributed by atoms with E-state index in [1.807, 2.05) is 35.8 Å². The minimum absolute atomic E-state index is 0.0421. The highest BCUT2D eigenvalue weighted by Crippen LogP contribution is 2.28. The molecule has 2 N–H and O–H groups in total. The highest BCUT2D eigenvalue weighted by molar-refractivity contribution is 7.99. The lowest BCUT2D eigenvalue weighted by atomic mass is 10.2. The van der Waals surface area contributed by atoms with Crippen molar-refractivity contribution in [3.63, 3.8) is 0 Å². The predicted octanol–water partition coefficient (Wildman–Crippen LogP) is 2.93. The van der Waals surface area contributed by atoms with Gasteiger partial charge in [-0.05, 0) is 43.3 Å². The number of nitrogens with one attached hydrogen (secondary N) is 1. The molecule has 0 fully saturated rings. The van der Waals surface area contributed by atoms with E-state index in [0.29, 0.717) is 23.0 Å². The fraction of sp³-hybridized carbons (Fsp3) is 0.238. The first-order valence-electron chi connectivity index (χ1n) is 9.45. The number of rotatable bonds is 9. The molecule has 3 rings (SSSR count). The van der Waals surface area contributed by atoms with Crippen molar-refractivity contribution in [2.24, 2.45) is 5.10 Å². The third-order valence-corrected chi connectivity index (χ3v) is 5.32. The number of hydrogen-bond acceptors (Lipinski definition) is 8. The second-order valence-corrected chi connectivity index (χ2v) is 7.20. The minimum atomic E-state index is -0.305. The first kappa shape index (κ1) is 22.2. The Morgan fingerprint density at radius 2 is 1.97 bits per heavy atom. The van der Waals surface area contributed by atoms with Crippen LogP contribution in [0.1, 0.15) is 12.5 Å². The number of methoxy groups -OCH3 is 2. The molecule has 1 amide bonds. The normalized spacial score (nSPS) is 10.9. The third-order valence-electron chi connectivity index (χ3n) is 4.36. The Hall–Kier alpha value is -3.53. The summed E-state index contributed by atoms with van der Waals surface area (Å²) in [6.45, 7) is 2.65. The number of phenolic OH excluding ortho intramolecular Hbond substituents is 1. The monoisotopic (exact) mass is 441 g/mol. The van der Waals surface area contributed by atoms with Crippen LogP contribution in [0.5, 0.6) is 17.2 Å². The molecule has 0 aliphatic heterocycles. The van der Waals surface area contributed by atoms with Gasteiger partial charge >= 0.3 is 0 Å². The van der Waals surface area contributed by atoms with Crippen LogP contribution in [-0.2, 0) is 11.3 Å². The highest BCUT2D eigenvalue weighted by Gasteiger charge is 2.14. The number of hydrogen-bond donors (Lipinski definition) is 2. The van der Waals surface area contributed by atoms with Crippen LogP contribution in [0.15, 0.2) is 52.7 Å². The number of hydrazone groups is 1. The lowest BCUT2D eigenvalue weighted by Gasteiger charge is -2.07. The maximum Gasteiger partial charge on any atom is 0.250 e. The van der Waals surface area contributed by atoms with Crippen LogP contribution in [0.25, 0.3) is 11.4 Å². The van der Waals surface area contributed by atoms with Gasteiger partial charge in [0.25, 0.3) is 5.91 Å². The zero-order chi connectivity index (χ0) is 22.2. The average Bonchev–Trinajstić information content (AvgIpc) is 3.21. The molecule has 162 valence electrons. The lowest BCUT2D eigenvalue weighted by Crippen LogP contribution is -2.20. The molecule has 0 bridgehead atoms. The number of amides is 1. The van der Waals surface area contributed by atoms with Gasteiger partial charge in [0.15, 0.2) is 22.5 Å². The first-order valence-corrected chi connectivity index (χ1v) is 10.4. The number of nitrogens with zero attached hydrogens (tertiary/aromatic N) is 4. The fourth-order valence-electron chi connectivity index (χ4n) is 2.78. The summed E-state index contributed by atoms with van der Waals surface area (Å²) in [5.74, 6) is 1.58. The van der Waals surface area contributed by atoms with E-state index < -0.39 is 0 Å². The molecule has 0 radical (unpaired) electrons. The van der Waals surface area contributed by atoms with Gasteiger partial charge in [-0.15, -0.1) is 10.2 Å². The number of para-hydroxylation sites is 1. The largest absolute Gasteiger partial charge is 0.504 e. The Morgan fingerprint density at radius 3 is 2.65 bits per heavy atom. The van der Waals surface area contributed by atoms with Gasteiger partial charge in [0.1, 0.15) is 5.75 Å². The number of benzene rings is 2. The van der Waals surface area contributed by atoms with E-state index in [1.165, 1.54) is 25.1 Å². The van der Waals surface area contributed by atoms with Gasteiger partial charge in [-0.25, -0.2) is 5.43 Å². The zero-order valence-corrected chi connectivity index (χ0v) is 18.2. The molecule has 0 saturated carbocycles. The van der Waals surface area contributed by atoms with Crippen LogP contribution < -0.4 is 14.9 Å². The summed E-state index contributed by atoms with van der Waals surface area (Å²) >= 11 is 1.27. The molecule has 31 heavy (non-hydrogen) atoms. The van der Waals surface area contributed by atoms with Crippen LogP contribution >= 0.6 is 11.8 Å². The molecule has 0 atom stereocenters. The Balaban J connectivity index is 1.61. The van der Waals surface area contributed by atoms with Crippen molar-refractivity contribution in [2.45, 2.75) is 18.6 Å². The third kappa shape index (κ3) is 5.34. The van der Waals surface area contributed by atoms with Crippen molar-refractivity contribution in [1.29, 1.82) is 0 Å². The quantitative estimate of drug-likeness (QED) is 0.298. The van der Waals surface area contributed by atoms with Crippen molar-refractivity contribution in [3.05, 3.63) is 48.0 Å². The number of aromatic hydroxyl groups is 1. The van der Waals surface area contributed by atoms with Gasteiger partial charge < -0.3 is 19.1 Å². The number of carbonyl (C=O) groups is 1. The molecule has 0 aliphatic carbocycles. The maximum absolute atomic E-state index is 12.2. The molecule has 0 saturated heterocycles. The van der Waals surface area contributed by atoms with Crippen LogP contribution in [0.2, 0.25) is 0 Å². The minimum Gasteiger partial charge on any atom is -0.504 e. The lowest BCUT2D eigenvalue weighted by molar-refractivity contribution is -0.118. The second kappa shape index (κ2) is 10.5. The Morgan fingerprint density at radius 1 is 1.19 bits per heavy atom. The molecule has 1 aromatic heterocycles. The Labute approximate surface area is 184 Å². The molecule has 0 unspecified atom stereocenters. The number of thioether (sulfide) groups is 1. The summed E-state index contributed by atoms with van der Waals surface area (Å²) < 4.78 is 12.2. The van der Waals surface area contributed by atoms with Gasteiger partial charge in [0.2, 0.25) is 0 Å². The summed E-state index contributed by atoms with van der Waals surface area (Å²) in [4.78, 5) is 12.2. The smallest absolute Gasteiger partial charge is 0.250 e. The van der Waals surface area contributed by atoms with Crippen molar-refractivity contribution in [2.75, 3.05) is 20.0 Å². The molecule has 10 heteroatoms. The molecule has 2 aromatic carbocycles. The summed E-state index contributed by atoms with van der Waals surface area (Å²) in [6.07, 6.45) is 1.36. The van der Waals surface area contributed by atoms with E-state index >= 15 is 0 Å². The van der Waals surface area contributed by atoms with E-state index in [4.69, 9.17) is 9.47 Å². The van der Waals surface area contributed by atoms with Crippen molar-refractivity contribution in [1.82, 2.24) is 20.2 Å². The van der Waals surface area contributed by atoms with Gasteiger partial charge in [-0.3, -0.25) is 4.79 Å². The summed E-state index contributed by atoms with van der Waals surface area (Å²) in [6, 6.07) is 12.6. The van der Waals surface area contributed by atoms with Crippen LogP contribution in [0, 0.1) is 0 Å². The zero-order valence-electron chi connectivity index (χ0n) is 17.4. The number of aromatic nitrogens is 3.